The molecule has 0 saturated heterocycles. The third-order valence-electron chi connectivity index (χ3n) is 1.95. The predicted molar refractivity (Wildman–Crippen MR) is 57.3 cm³/mol. The zero-order valence-electron chi connectivity index (χ0n) is 8.49. The van der Waals surface area contributed by atoms with Crippen molar-refractivity contribution in [1.82, 2.24) is 0 Å². The first-order valence-electron chi connectivity index (χ1n) is 4.15. The van der Waals surface area contributed by atoms with E-state index in [1.165, 1.54) is 19.2 Å². The fourth-order valence-corrected chi connectivity index (χ4v) is 1.14. The molecule has 15 heavy (non-hydrogen) atoms. The first kappa shape index (κ1) is 13.9. The van der Waals surface area contributed by atoms with Crippen LogP contribution < -0.4 is 5.73 Å². The largest absolute Gasteiger partial charge is 0.468 e. The second kappa shape index (κ2) is 5.68. The summed E-state index contributed by atoms with van der Waals surface area (Å²) in [5.74, 6) is -1.13. The third kappa shape index (κ3) is 3.18. The highest BCUT2D eigenvalue weighted by Gasteiger charge is 2.19. The maximum absolute atomic E-state index is 13.3. The van der Waals surface area contributed by atoms with E-state index in [2.05, 4.69) is 4.74 Å². The van der Waals surface area contributed by atoms with Gasteiger partial charge in [-0.1, -0.05) is 12.1 Å². The van der Waals surface area contributed by atoms with Crippen LogP contribution in [0.4, 0.5) is 4.39 Å². The summed E-state index contributed by atoms with van der Waals surface area (Å²) >= 11 is 0. The van der Waals surface area contributed by atoms with Crippen LogP contribution in [0.1, 0.15) is 17.2 Å². The lowest BCUT2D eigenvalue weighted by molar-refractivity contribution is -0.142. The molecule has 0 saturated carbocycles. The summed E-state index contributed by atoms with van der Waals surface area (Å²) in [5, 5.41) is 0. The summed E-state index contributed by atoms with van der Waals surface area (Å²) < 4.78 is 17.7. The fraction of sp³-hybridized carbons (Fsp3) is 0.300. The molecular formula is C10H13ClFNO2. The van der Waals surface area contributed by atoms with Gasteiger partial charge in [-0.05, 0) is 18.6 Å². The first-order valence-corrected chi connectivity index (χ1v) is 4.15. The van der Waals surface area contributed by atoms with Crippen LogP contribution in [-0.4, -0.2) is 13.1 Å². The lowest BCUT2D eigenvalue weighted by Gasteiger charge is -2.10. The molecule has 0 amide bonds. The summed E-state index contributed by atoms with van der Waals surface area (Å²) in [7, 11) is 1.22. The second-order valence-electron chi connectivity index (χ2n) is 3.03. The summed E-state index contributed by atoms with van der Waals surface area (Å²) in [4.78, 5) is 11.0. The number of ether oxygens (including phenoxy) is 1. The van der Waals surface area contributed by atoms with Crippen molar-refractivity contribution in [3.63, 3.8) is 0 Å². The van der Waals surface area contributed by atoms with Crippen molar-refractivity contribution in [2.24, 2.45) is 5.73 Å². The van der Waals surface area contributed by atoms with Gasteiger partial charge in [-0.3, -0.25) is 4.79 Å². The average molecular weight is 234 g/mol. The topological polar surface area (TPSA) is 52.3 Å². The van der Waals surface area contributed by atoms with Crippen LogP contribution in [0.5, 0.6) is 0 Å². The van der Waals surface area contributed by atoms with E-state index in [0.29, 0.717) is 0 Å². The van der Waals surface area contributed by atoms with Crippen LogP contribution in [0.15, 0.2) is 18.2 Å². The number of aryl methyl sites for hydroxylation is 1. The van der Waals surface area contributed by atoms with Gasteiger partial charge >= 0.3 is 5.97 Å². The van der Waals surface area contributed by atoms with Crippen molar-refractivity contribution in [3.8, 4) is 0 Å². The number of halogens is 2. The summed E-state index contributed by atoms with van der Waals surface area (Å²) in [6.45, 7) is 1.76. The van der Waals surface area contributed by atoms with E-state index in [1.54, 1.807) is 13.0 Å². The third-order valence-corrected chi connectivity index (χ3v) is 1.95. The minimum absolute atomic E-state index is 0. The number of benzene rings is 1. The highest BCUT2D eigenvalue weighted by Crippen LogP contribution is 2.17. The van der Waals surface area contributed by atoms with Gasteiger partial charge in [0.15, 0.2) is 0 Å². The van der Waals surface area contributed by atoms with Crippen LogP contribution >= 0.6 is 12.4 Å². The maximum Gasteiger partial charge on any atom is 0.327 e. The molecule has 1 rings (SSSR count). The van der Waals surface area contributed by atoms with Gasteiger partial charge in [0.25, 0.3) is 0 Å². The van der Waals surface area contributed by atoms with Crippen LogP contribution in [0, 0.1) is 12.7 Å². The van der Waals surface area contributed by atoms with Gasteiger partial charge in [0, 0.05) is 5.56 Å². The van der Waals surface area contributed by atoms with Crippen molar-refractivity contribution in [1.29, 1.82) is 0 Å². The molecule has 0 aliphatic heterocycles. The number of carbonyl (C=O) groups excluding carboxylic acids is 1. The Balaban J connectivity index is 0.00000196. The molecule has 0 fully saturated rings. The molecule has 3 nitrogen and oxygen atoms in total. The molecule has 1 aromatic carbocycles. The molecule has 0 aliphatic carbocycles. The molecule has 84 valence electrons. The summed E-state index contributed by atoms with van der Waals surface area (Å²) in [6.07, 6.45) is 0. The lowest BCUT2D eigenvalue weighted by atomic mass is 10.1. The first-order chi connectivity index (χ1) is 6.56. The van der Waals surface area contributed by atoms with Gasteiger partial charge in [-0.15, -0.1) is 12.4 Å². The van der Waals surface area contributed by atoms with Crippen molar-refractivity contribution >= 4 is 18.4 Å². The molecular weight excluding hydrogens is 221 g/mol. The normalized spacial score (nSPS) is 11.5. The van der Waals surface area contributed by atoms with E-state index in [-0.39, 0.29) is 18.0 Å². The van der Waals surface area contributed by atoms with Crippen LogP contribution in [-0.2, 0) is 9.53 Å². The smallest absolute Gasteiger partial charge is 0.327 e. The Hall–Kier alpha value is -1.13. The highest BCUT2D eigenvalue weighted by molar-refractivity contribution is 5.85. The van der Waals surface area contributed by atoms with Crippen molar-refractivity contribution in [2.75, 3.05) is 7.11 Å². The van der Waals surface area contributed by atoms with Gasteiger partial charge in [-0.25, -0.2) is 4.39 Å². The van der Waals surface area contributed by atoms with E-state index in [9.17, 15) is 9.18 Å². The molecule has 2 N–H and O–H groups in total. The van der Waals surface area contributed by atoms with E-state index in [4.69, 9.17) is 5.73 Å². The molecule has 5 heteroatoms. The number of methoxy groups -OCH3 is 1. The van der Waals surface area contributed by atoms with Crippen molar-refractivity contribution in [2.45, 2.75) is 13.0 Å². The average Bonchev–Trinajstić information content (AvgIpc) is 2.15. The standard InChI is InChI=1S/C10H12FNO2.ClH/c1-6-3-4-7(8(11)5-6)9(12)10(13)14-2;/h3-5,9H,12H2,1-2H3;1H/t9-;/m1./s1. The lowest BCUT2D eigenvalue weighted by Crippen LogP contribution is -2.23. The molecule has 0 heterocycles. The Morgan fingerprint density at radius 1 is 1.53 bits per heavy atom. The SMILES string of the molecule is COC(=O)[C@H](N)c1ccc(C)cc1F.Cl. The van der Waals surface area contributed by atoms with E-state index in [0.717, 1.165) is 5.56 Å². The highest BCUT2D eigenvalue weighted by atomic mass is 35.5. The zero-order chi connectivity index (χ0) is 10.7. The Morgan fingerprint density at radius 2 is 2.13 bits per heavy atom. The molecule has 0 bridgehead atoms. The van der Waals surface area contributed by atoms with Crippen LogP contribution in [0.3, 0.4) is 0 Å². The van der Waals surface area contributed by atoms with Gasteiger partial charge in [-0.2, -0.15) is 0 Å². The van der Waals surface area contributed by atoms with E-state index >= 15 is 0 Å². The Kier molecular flexibility index (Phi) is 5.25. The Labute approximate surface area is 93.8 Å². The minimum Gasteiger partial charge on any atom is -0.468 e. The molecule has 0 unspecified atom stereocenters. The molecule has 1 atom stereocenters. The number of nitrogens with two attached hydrogens (primary N) is 1. The Bertz CT molecular complexity index is 357. The number of rotatable bonds is 2. The second-order valence-corrected chi connectivity index (χ2v) is 3.03. The molecule has 0 aromatic heterocycles. The number of carbonyl (C=O) groups is 1. The number of esters is 1. The van der Waals surface area contributed by atoms with Crippen LogP contribution in [0.2, 0.25) is 0 Å². The Morgan fingerprint density at radius 3 is 2.60 bits per heavy atom. The van der Waals surface area contributed by atoms with Crippen molar-refractivity contribution in [3.05, 3.63) is 35.1 Å². The number of hydrogen-bond acceptors (Lipinski definition) is 3. The number of hydrogen-bond donors (Lipinski definition) is 1. The van der Waals surface area contributed by atoms with Crippen LogP contribution in [0.25, 0.3) is 0 Å². The van der Waals surface area contributed by atoms with Gasteiger partial charge in [0.05, 0.1) is 7.11 Å². The summed E-state index contributed by atoms with van der Waals surface area (Å²) in [6, 6.07) is 3.46. The summed E-state index contributed by atoms with van der Waals surface area (Å²) in [5.41, 5.74) is 6.42. The molecule has 1 aromatic rings. The minimum atomic E-state index is -1.06. The van der Waals surface area contributed by atoms with E-state index < -0.39 is 17.8 Å². The maximum atomic E-state index is 13.3. The van der Waals surface area contributed by atoms with E-state index in [1.807, 2.05) is 0 Å². The molecule has 0 aliphatic rings. The zero-order valence-corrected chi connectivity index (χ0v) is 9.31. The molecule has 0 spiro atoms. The van der Waals surface area contributed by atoms with Crippen molar-refractivity contribution < 1.29 is 13.9 Å². The van der Waals surface area contributed by atoms with Gasteiger partial charge < -0.3 is 10.5 Å². The predicted octanol–water partition coefficient (Wildman–Crippen LogP) is 1.73. The quantitative estimate of drug-likeness (QED) is 0.792. The fourth-order valence-electron chi connectivity index (χ4n) is 1.14. The van der Waals surface area contributed by atoms with Gasteiger partial charge in [0.1, 0.15) is 11.9 Å². The van der Waals surface area contributed by atoms with Gasteiger partial charge in [0.2, 0.25) is 0 Å². The molecule has 0 radical (unpaired) electrons. The monoisotopic (exact) mass is 233 g/mol.